The lowest BCUT2D eigenvalue weighted by Gasteiger charge is -2.29. The van der Waals surface area contributed by atoms with Crippen LogP contribution in [0.1, 0.15) is 50.3 Å². The molecule has 7 heteroatoms. The van der Waals surface area contributed by atoms with Crippen molar-refractivity contribution in [1.82, 2.24) is 0 Å². The molecule has 2 aromatic carbocycles. The molecule has 1 aliphatic rings. The molecule has 0 fully saturated rings. The van der Waals surface area contributed by atoms with Crippen LogP contribution < -0.4 is 11.5 Å². The normalized spacial score (nSPS) is 14.2. The molecular weight excluding hydrogens is 396 g/mol. The van der Waals surface area contributed by atoms with Crippen LogP contribution in [0.2, 0.25) is 0 Å². The average molecular weight is 424 g/mol. The van der Waals surface area contributed by atoms with Crippen molar-refractivity contribution >= 4 is 17.8 Å². The molecule has 164 valence electrons. The highest BCUT2D eigenvalue weighted by Crippen LogP contribution is 2.38. The molecule has 0 saturated carbocycles. The number of rotatable bonds is 7. The van der Waals surface area contributed by atoms with Gasteiger partial charge in [0, 0.05) is 6.42 Å². The topological polar surface area (TPSA) is 122 Å². The molecule has 1 atom stereocenters. The van der Waals surface area contributed by atoms with Gasteiger partial charge < -0.3 is 20.9 Å². The standard InChI is InChI=1S/C24H28N2O5/c1-23(2,3)31-22(29)24(26,12-11-20(25)27)21(28)30-14-16-8-6-10-18-17-9-5-4-7-15(17)13-19(16)18/h4-10H,11-14,26H2,1-3H3,(H2,25,27). The van der Waals surface area contributed by atoms with Crippen molar-refractivity contribution in [3.8, 4) is 11.1 Å². The second-order valence-corrected chi connectivity index (χ2v) is 8.79. The van der Waals surface area contributed by atoms with Crippen molar-refractivity contribution in [1.29, 1.82) is 0 Å². The number of primary amides is 1. The molecule has 2 aromatic rings. The van der Waals surface area contributed by atoms with Crippen molar-refractivity contribution in [3.63, 3.8) is 0 Å². The molecular formula is C24H28N2O5. The maximum Gasteiger partial charge on any atom is 0.338 e. The van der Waals surface area contributed by atoms with Crippen molar-refractivity contribution in [2.45, 2.75) is 57.8 Å². The van der Waals surface area contributed by atoms with Crippen LogP contribution in [0.3, 0.4) is 0 Å². The maximum atomic E-state index is 12.9. The molecule has 7 nitrogen and oxygen atoms in total. The van der Waals surface area contributed by atoms with Crippen molar-refractivity contribution in [2.24, 2.45) is 11.5 Å². The van der Waals surface area contributed by atoms with E-state index in [0.29, 0.717) is 0 Å². The number of esters is 2. The highest BCUT2D eigenvalue weighted by atomic mass is 16.6. The predicted octanol–water partition coefficient (Wildman–Crippen LogP) is 2.61. The Hall–Kier alpha value is -3.19. The van der Waals surface area contributed by atoms with Crippen LogP contribution in [-0.4, -0.2) is 29.0 Å². The summed E-state index contributed by atoms with van der Waals surface area (Å²) in [6.07, 6.45) is 0.191. The van der Waals surface area contributed by atoms with E-state index in [4.69, 9.17) is 20.9 Å². The van der Waals surface area contributed by atoms with E-state index in [1.807, 2.05) is 30.3 Å². The molecule has 1 aliphatic carbocycles. The van der Waals surface area contributed by atoms with Gasteiger partial charge in [0.05, 0.1) is 0 Å². The average Bonchev–Trinajstić information content (AvgIpc) is 3.08. The number of fused-ring (bicyclic) bond motifs is 3. The Balaban J connectivity index is 1.79. The highest BCUT2D eigenvalue weighted by molar-refractivity contribution is 6.05. The van der Waals surface area contributed by atoms with Gasteiger partial charge in [-0.25, -0.2) is 9.59 Å². The molecule has 0 bridgehead atoms. The lowest BCUT2D eigenvalue weighted by atomic mass is 9.94. The fourth-order valence-electron chi connectivity index (χ4n) is 3.61. The van der Waals surface area contributed by atoms with Crippen LogP contribution in [0.4, 0.5) is 0 Å². The van der Waals surface area contributed by atoms with Gasteiger partial charge in [-0.15, -0.1) is 0 Å². The van der Waals surface area contributed by atoms with Gasteiger partial charge in [-0.1, -0.05) is 42.5 Å². The number of carbonyl (C=O) groups excluding carboxylic acids is 3. The van der Waals surface area contributed by atoms with E-state index in [0.717, 1.165) is 28.7 Å². The largest absolute Gasteiger partial charge is 0.459 e. The Morgan fingerprint density at radius 2 is 1.65 bits per heavy atom. The fraction of sp³-hybridized carbons (Fsp3) is 0.375. The van der Waals surface area contributed by atoms with Gasteiger partial charge in [0.1, 0.15) is 12.2 Å². The Morgan fingerprint density at radius 1 is 0.968 bits per heavy atom. The van der Waals surface area contributed by atoms with Crippen LogP contribution in [0.15, 0.2) is 42.5 Å². The highest BCUT2D eigenvalue weighted by Gasteiger charge is 2.46. The van der Waals surface area contributed by atoms with Crippen LogP contribution in [0.25, 0.3) is 11.1 Å². The van der Waals surface area contributed by atoms with Gasteiger partial charge in [-0.05, 0) is 61.4 Å². The molecule has 0 aromatic heterocycles. The Morgan fingerprint density at radius 3 is 2.32 bits per heavy atom. The van der Waals surface area contributed by atoms with Crippen LogP contribution in [-0.2, 0) is 36.9 Å². The monoisotopic (exact) mass is 424 g/mol. The van der Waals surface area contributed by atoms with E-state index in [1.165, 1.54) is 5.56 Å². The summed E-state index contributed by atoms with van der Waals surface area (Å²) in [6.45, 7) is 4.94. The summed E-state index contributed by atoms with van der Waals surface area (Å²) in [7, 11) is 0. The molecule has 0 aliphatic heterocycles. The lowest BCUT2D eigenvalue weighted by molar-refractivity contribution is -0.172. The van der Waals surface area contributed by atoms with Crippen LogP contribution >= 0.6 is 0 Å². The van der Waals surface area contributed by atoms with Crippen molar-refractivity contribution in [2.75, 3.05) is 0 Å². The number of hydrogen-bond acceptors (Lipinski definition) is 6. The summed E-state index contributed by atoms with van der Waals surface area (Å²) >= 11 is 0. The van der Waals surface area contributed by atoms with Gasteiger partial charge >= 0.3 is 11.9 Å². The lowest BCUT2D eigenvalue weighted by Crippen LogP contribution is -2.58. The summed E-state index contributed by atoms with van der Waals surface area (Å²) in [4.78, 5) is 36.8. The van der Waals surface area contributed by atoms with E-state index in [2.05, 4.69) is 12.1 Å². The summed E-state index contributed by atoms with van der Waals surface area (Å²) in [5.74, 6) is -2.57. The third-order valence-corrected chi connectivity index (χ3v) is 5.20. The molecule has 31 heavy (non-hydrogen) atoms. The van der Waals surface area contributed by atoms with Crippen molar-refractivity contribution < 1.29 is 23.9 Å². The molecule has 4 N–H and O–H groups in total. The zero-order chi connectivity index (χ0) is 22.8. The van der Waals surface area contributed by atoms with E-state index < -0.39 is 29.0 Å². The third-order valence-electron chi connectivity index (χ3n) is 5.20. The van der Waals surface area contributed by atoms with Gasteiger partial charge in [0.25, 0.3) is 0 Å². The van der Waals surface area contributed by atoms with Crippen LogP contribution in [0, 0.1) is 0 Å². The zero-order valence-corrected chi connectivity index (χ0v) is 18.1. The van der Waals surface area contributed by atoms with E-state index >= 15 is 0 Å². The van der Waals surface area contributed by atoms with E-state index in [-0.39, 0.29) is 19.4 Å². The first-order valence-corrected chi connectivity index (χ1v) is 10.2. The van der Waals surface area contributed by atoms with E-state index in [1.54, 1.807) is 20.8 Å². The van der Waals surface area contributed by atoms with Gasteiger partial charge in [-0.2, -0.15) is 0 Å². The minimum Gasteiger partial charge on any atom is -0.459 e. The molecule has 1 unspecified atom stereocenters. The number of ether oxygens (including phenoxy) is 2. The molecule has 0 radical (unpaired) electrons. The van der Waals surface area contributed by atoms with Gasteiger partial charge in [-0.3, -0.25) is 4.79 Å². The first-order chi connectivity index (χ1) is 14.5. The third kappa shape index (κ3) is 4.94. The Kier molecular flexibility index (Phi) is 6.18. The summed E-state index contributed by atoms with van der Waals surface area (Å²) in [5.41, 5.74) is 13.7. The first-order valence-electron chi connectivity index (χ1n) is 10.2. The number of benzene rings is 2. The van der Waals surface area contributed by atoms with E-state index in [9.17, 15) is 14.4 Å². The number of carbonyl (C=O) groups is 3. The quantitative estimate of drug-likeness (QED) is 0.444. The molecule has 0 heterocycles. The summed E-state index contributed by atoms with van der Waals surface area (Å²) < 4.78 is 10.8. The predicted molar refractivity (Wildman–Crippen MR) is 116 cm³/mol. The smallest absolute Gasteiger partial charge is 0.338 e. The summed E-state index contributed by atoms with van der Waals surface area (Å²) in [5, 5.41) is 0. The van der Waals surface area contributed by atoms with Gasteiger partial charge in [0.2, 0.25) is 11.4 Å². The van der Waals surface area contributed by atoms with Gasteiger partial charge in [0.15, 0.2) is 0 Å². The molecule has 1 amide bonds. The minimum atomic E-state index is -2.12. The number of amides is 1. The Bertz CT molecular complexity index is 1020. The molecule has 0 spiro atoms. The van der Waals surface area contributed by atoms with Crippen LogP contribution in [0.5, 0.6) is 0 Å². The number of hydrogen-bond donors (Lipinski definition) is 2. The fourth-order valence-corrected chi connectivity index (χ4v) is 3.61. The maximum absolute atomic E-state index is 12.9. The minimum absolute atomic E-state index is 0.0473. The zero-order valence-electron chi connectivity index (χ0n) is 18.1. The second-order valence-electron chi connectivity index (χ2n) is 8.79. The summed E-state index contributed by atoms with van der Waals surface area (Å²) in [6, 6.07) is 13.9. The first kappa shape index (κ1) is 22.5. The number of nitrogens with two attached hydrogens (primary N) is 2. The van der Waals surface area contributed by atoms with Crippen molar-refractivity contribution in [3.05, 3.63) is 59.2 Å². The SMILES string of the molecule is CC(C)(C)OC(=O)C(N)(CCC(N)=O)C(=O)OCc1cccc2c1Cc1ccccc1-2. The molecule has 0 saturated heterocycles. The second kappa shape index (κ2) is 8.51. The molecule has 3 rings (SSSR count). The Labute approximate surface area is 181 Å².